The van der Waals surface area contributed by atoms with Crippen molar-refractivity contribution in [2.45, 2.75) is 12.6 Å². The summed E-state index contributed by atoms with van der Waals surface area (Å²) in [5.41, 5.74) is 4.26. The molecule has 1 rings (SSSR count). The lowest BCUT2D eigenvalue weighted by Crippen LogP contribution is -2.13. The number of anilines is 2. The number of nitrogen functional groups attached to an aromatic ring is 1. The van der Waals surface area contributed by atoms with Gasteiger partial charge in [0.1, 0.15) is 0 Å². The summed E-state index contributed by atoms with van der Waals surface area (Å²) < 4.78 is 60.6. The van der Waals surface area contributed by atoms with Gasteiger partial charge in [-0.1, -0.05) is 0 Å². The third kappa shape index (κ3) is 3.25. The highest BCUT2D eigenvalue weighted by Gasteiger charge is 2.30. The average molecular weight is 240 g/mol. The van der Waals surface area contributed by atoms with E-state index in [1.807, 2.05) is 0 Å². The van der Waals surface area contributed by atoms with E-state index in [0.717, 1.165) is 12.1 Å². The SMILES string of the molecule is Nc1ccc(C(F)(F)F)cc1NCC(F)F. The molecule has 3 N–H and O–H groups in total. The Balaban J connectivity index is 2.91. The normalized spacial score (nSPS) is 11.9. The molecule has 0 heterocycles. The van der Waals surface area contributed by atoms with Crippen LogP contribution in [0, 0.1) is 0 Å². The summed E-state index contributed by atoms with van der Waals surface area (Å²) in [5, 5.41) is 2.15. The molecule has 1 aromatic carbocycles. The molecule has 1 aromatic rings. The van der Waals surface area contributed by atoms with Gasteiger partial charge in [0.2, 0.25) is 0 Å². The molecule has 0 spiro atoms. The number of halogens is 5. The van der Waals surface area contributed by atoms with E-state index in [0.29, 0.717) is 6.07 Å². The van der Waals surface area contributed by atoms with E-state index >= 15 is 0 Å². The minimum atomic E-state index is -4.52. The van der Waals surface area contributed by atoms with Gasteiger partial charge in [0.15, 0.2) is 0 Å². The highest BCUT2D eigenvalue weighted by atomic mass is 19.4. The third-order valence-corrected chi connectivity index (χ3v) is 1.83. The van der Waals surface area contributed by atoms with Gasteiger partial charge >= 0.3 is 6.18 Å². The predicted octanol–water partition coefficient (Wildman–Crippen LogP) is 2.96. The van der Waals surface area contributed by atoms with Crippen LogP contribution in [-0.2, 0) is 6.18 Å². The van der Waals surface area contributed by atoms with E-state index in [4.69, 9.17) is 5.73 Å². The van der Waals surface area contributed by atoms with Crippen molar-refractivity contribution in [3.05, 3.63) is 23.8 Å². The summed E-state index contributed by atoms with van der Waals surface area (Å²) in [5.74, 6) is 0. The number of hydrogen-bond acceptors (Lipinski definition) is 2. The molecule has 2 nitrogen and oxygen atoms in total. The molecule has 0 radical (unpaired) electrons. The molecule has 0 aliphatic carbocycles. The van der Waals surface area contributed by atoms with Gasteiger partial charge in [0, 0.05) is 0 Å². The van der Waals surface area contributed by atoms with Crippen LogP contribution in [0.4, 0.5) is 33.3 Å². The van der Waals surface area contributed by atoms with Crippen molar-refractivity contribution in [1.82, 2.24) is 0 Å². The summed E-state index contributed by atoms with van der Waals surface area (Å²) in [7, 11) is 0. The van der Waals surface area contributed by atoms with Crippen LogP contribution in [0.15, 0.2) is 18.2 Å². The molecule has 0 saturated carbocycles. The lowest BCUT2D eigenvalue weighted by atomic mass is 10.1. The highest BCUT2D eigenvalue weighted by Crippen LogP contribution is 2.32. The topological polar surface area (TPSA) is 38.0 Å². The second-order valence-electron chi connectivity index (χ2n) is 3.07. The molecule has 0 aliphatic rings. The first-order valence-electron chi connectivity index (χ1n) is 4.29. The van der Waals surface area contributed by atoms with Gasteiger partial charge in [-0.3, -0.25) is 0 Å². The van der Waals surface area contributed by atoms with E-state index in [-0.39, 0.29) is 11.4 Å². The fraction of sp³-hybridized carbons (Fsp3) is 0.333. The summed E-state index contributed by atoms with van der Waals surface area (Å²) in [4.78, 5) is 0. The van der Waals surface area contributed by atoms with Crippen molar-refractivity contribution in [2.75, 3.05) is 17.6 Å². The molecule has 0 amide bonds. The molecular weight excluding hydrogens is 231 g/mol. The Labute approximate surface area is 88.2 Å². The Kier molecular flexibility index (Phi) is 3.56. The number of alkyl halides is 5. The minimum Gasteiger partial charge on any atom is -0.397 e. The van der Waals surface area contributed by atoms with Crippen molar-refractivity contribution < 1.29 is 22.0 Å². The smallest absolute Gasteiger partial charge is 0.397 e. The van der Waals surface area contributed by atoms with Crippen LogP contribution < -0.4 is 11.1 Å². The molecule has 90 valence electrons. The van der Waals surface area contributed by atoms with E-state index < -0.39 is 24.7 Å². The molecule has 16 heavy (non-hydrogen) atoms. The van der Waals surface area contributed by atoms with Gasteiger partial charge in [0.25, 0.3) is 6.43 Å². The Morgan fingerprint density at radius 3 is 2.38 bits per heavy atom. The van der Waals surface area contributed by atoms with Crippen LogP contribution in [0.5, 0.6) is 0 Å². The number of benzene rings is 1. The maximum Gasteiger partial charge on any atom is 0.416 e. The first-order valence-corrected chi connectivity index (χ1v) is 4.29. The van der Waals surface area contributed by atoms with Crippen molar-refractivity contribution in [3.63, 3.8) is 0 Å². The lowest BCUT2D eigenvalue weighted by Gasteiger charge is -2.12. The number of rotatable bonds is 3. The Morgan fingerprint density at radius 1 is 1.25 bits per heavy atom. The van der Waals surface area contributed by atoms with Crippen molar-refractivity contribution in [2.24, 2.45) is 0 Å². The largest absolute Gasteiger partial charge is 0.416 e. The van der Waals surface area contributed by atoms with Crippen LogP contribution in [-0.4, -0.2) is 13.0 Å². The maximum atomic E-state index is 12.3. The van der Waals surface area contributed by atoms with E-state index in [1.165, 1.54) is 0 Å². The molecular formula is C9H9F5N2. The second kappa shape index (κ2) is 4.54. The standard InChI is InChI=1S/C9H9F5N2/c10-8(11)4-16-7-3-5(9(12,13)14)1-2-6(7)15/h1-3,8,16H,4,15H2. The van der Waals surface area contributed by atoms with Crippen molar-refractivity contribution >= 4 is 11.4 Å². The van der Waals surface area contributed by atoms with Crippen LogP contribution in [0.25, 0.3) is 0 Å². The molecule has 0 atom stereocenters. The summed E-state index contributed by atoms with van der Waals surface area (Å²) >= 11 is 0. The molecule has 0 unspecified atom stereocenters. The molecule has 7 heteroatoms. The van der Waals surface area contributed by atoms with Gasteiger partial charge in [-0.15, -0.1) is 0 Å². The molecule has 0 fully saturated rings. The molecule has 0 bridgehead atoms. The Hall–Kier alpha value is -1.53. The highest BCUT2D eigenvalue weighted by molar-refractivity contribution is 5.67. The fourth-order valence-electron chi connectivity index (χ4n) is 1.07. The monoisotopic (exact) mass is 240 g/mol. The zero-order valence-corrected chi connectivity index (χ0v) is 7.98. The van der Waals surface area contributed by atoms with Crippen LogP contribution in [0.1, 0.15) is 5.56 Å². The lowest BCUT2D eigenvalue weighted by molar-refractivity contribution is -0.137. The van der Waals surface area contributed by atoms with Gasteiger partial charge < -0.3 is 11.1 Å². The number of hydrogen-bond donors (Lipinski definition) is 2. The molecule has 0 aliphatic heterocycles. The van der Waals surface area contributed by atoms with Crippen molar-refractivity contribution in [1.29, 1.82) is 0 Å². The second-order valence-corrected chi connectivity index (χ2v) is 3.07. The van der Waals surface area contributed by atoms with E-state index in [9.17, 15) is 22.0 Å². The summed E-state index contributed by atoms with van der Waals surface area (Å²) in [6, 6.07) is 2.53. The maximum absolute atomic E-state index is 12.3. The van der Waals surface area contributed by atoms with Gasteiger partial charge in [-0.2, -0.15) is 13.2 Å². The first-order chi connectivity index (χ1) is 7.30. The number of nitrogens with one attached hydrogen (secondary N) is 1. The van der Waals surface area contributed by atoms with E-state index in [1.54, 1.807) is 0 Å². The summed E-state index contributed by atoms with van der Waals surface area (Å²) in [6.45, 7) is -0.745. The average Bonchev–Trinajstić information content (AvgIpc) is 2.14. The van der Waals surface area contributed by atoms with Crippen LogP contribution in [0.3, 0.4) is 0 Å². The Morgan fingerprint density at radius 2 is 1.88 bits per heavy atom. The fourth-order valence-corrected chi connectivity index (χ4v) is 1.07. The zero-order chi connectivity index (χ0) is 12.3. The predicted molar refractivity (Wildman–Crippen MR) is 50.4 cm³/mol. The zero-order valence-electron chi connectivity index (χ0n) is 7.98. The van der Waals surface area contributed by atoms with Crippen LogP contribution in [0.2, 0.25) is 0 Å². The molecule has 0 aromatic heterocycles. The van der Waals surface area contributed by atoms with Gasteiger partial charge in [0.05, 0.1) is 23.5 Å². The van der Waals surface area contributed by atoms with Gasteiger partial charge in [-0.05, 0) is 18.2 Å². The molecule has 0 saturated heterocycles. The quantitative estimate of drug-likeness (QED) is 0.629. The van der Waals surface area contributed by atoms with Crippen molar-refractivity contribution in [3.8, 4) is 0 Å². The first kappa shape index (κ1) is 12.5. The van der Waals surface area contributed by atoms with Crippen LogP contribution >= 0.6 is 0 Å². The summed E-state index contributed by atoms with van der Waals surface area (Å²) in [6.07, 6.45) is -7.18. The Bertz CT molecular complexity index is 361. The number of nitrogens with two attached hydrogens (primary N) is 1. The van der Waals surface area contributed by atoms with Gasteiger partial charge in [-0.25, -0.2) is 8.78 Å². The third-order valence-electron chi connectivity index (χ3n) is 1.83. The van der Waals surface area contributed by atoms with E-state index in [2.05, 4.69) is 5.32 Å². The minimum absolute atomic E-state index is 0.00588.